The van der Waals surface area contributed by atoms with Crippen LogP contribution >= 0.6 is 0 Å². The standard InChI is InChI=1S/C19H23N3O6S/c1-19(2,3)28-18(25)21-10-11-22(14(12-21)17(23)24)29(26,27)15-8-4-6-13-7-5-9-20-16(13)15/h4-9,14H,10-12H2,1-3H3,(H,23,24)/t14-/m1/s1. The molecule has 0 bridgehead atoms. The number of aliphatic carboxylic acids is 1. The van der Waals surface area contributed by atoms with Crippen LogP contribution in [0.2, 0.25) is 0 Å². The van der Waals surface area contributed by atoms with Crippen molar-refractivity contribution >= 4 is 33.0 Å². The fourth-order valence-electron chi connectivity index (χ4n) is 3.16. The van der Waals surface area contributed by atoms with Gasteiger partial charge in [0.1, 0.15) is 16.5 Å². The van der Waals surface area contributed by atoms with Gasteiger partial charge < -0.3 is 14.7 Å². The van der Waals surface area contributed by atoms with E-state index in [1.807, 2.05) is 0 Å². The van der Waals surface area contributed by atoms with Gasteiger partial charge in [0.25, 0.3) is 0 Å². The number of piperazine rings is 1. The smallest absolute Gasteiger partial charge is 0.410 e. The number of para-hydroxylation sites is 1. The topological polar surface area (TPSA) is 117 Å². The third kappa shape index (κ3) is 4.33. The van der Waals surface area contributed by atoms with E-state index in [1.54, 1.807) is 45.0 Å². The Hall–Kier alpha value is -2.72. The first-order valence-electron chi connectivity index (χ1n) is 9.07. The predicted octanol–water partition coefficient (Wildman–Crippen LogP) is 1.93. The predicted molar refractivity (Wildman–Crippen MR) is 105 cm³/mol. The Kier molecular flexibility index (Phi) is 5.50. The second kappa shape index (κ2) is 7.60. The summed E-state index contributed by atoms with van der Waals surface area (Å²) >= 11 is 0. The molecule has 1 aliphatic rings. The average molecular weight is 421 g/mol. The van der Waals surface area contributed by atoms with Crippen molar-refractivity contribution in [2.24, 2.45) is 0 Å². The van der Waals surface area contributed by atoms with Crippen LogP contribution in [-0.4, -0.2) is 71.1 Å². The number of nitrogens with zero attached hydrogens (tertiary/aromatic N) is 3. The molecule has 0 unspecified atom stereocenters. The molecule has 0 radical (unpaired) electrons. The van der Waals surface area contributed by atoms with Crippen molar-refractivity contribution in [3.63, 3.8) is 0 Å². The minimum absolute atomic E-state index is 0.0239. The highest BCUT2D eigenvalue weighted by molar-refractivity contribution is 7.89. The third-order valence-electron chi connectivity index (χ3n) is 4.45. The first kappa shape index (κ1) is 21.0. The van der Waals surface area contributed by atoms with Gasteiger partial charge in [-0.15, -0.1) is 0 Å². The van der Waals surface area contributed by atoms with Crippen LogP contribution < -0.4 is 0 Å². The Balaban J connectivity index is 1.93. The van der Waals surface area contributed by atoms with E-state index in [0.717, 1.165) is 4.31 Å². The Bertz CT molecular complexity index is 1040. The molecule has 3 rings (SSSR count). The van der Waals surface area contributed by atoms with Crippen LogP contribution in [0.3, 0.4) is 0 Å². The maximum absolute atomic E-state index is 13.3. The number of aromatic nitrogens is 1. The second-order valence-corrected chi connectivity index (χ2v) is 9.59. The normalized spacial score (nSPS) is 18.6. The molecule has 1 fully saturated rings. The molecule has 1 saturated heterocycles. The Morgan fingerprint density at radius 2 is 1.86 bits per heavy atom. The van der Waals surface area contributed by atoms with Gasteiger partial charge in [-0.1, -0.05) is 18.2 Å². The molecule has 1 aliphatic heterocycles. The van der Waals surface area contributed by atoms with E-state index >= 15 is 0 Å². The van der Waals surface area contributed by atoms with Crippen LogP contribution in [0.1, 0.15) is 20.8 Å². The Labute approximate surface area is 168 Å². The van der Waals surface area contributed by atoms with E-state index < -0.39 is 33.7 Å². The van der Waals surface area contributed by atoms with Crippen LogP contribution in [0.25, 0.3) is 10.9 Å². The lowest BCUT2D eigenvalue weighted by Gasteiger charge is -2.38. The quantitative estimate of drug-likeness (QED) is 0.805. The van der Waals surface area contributed by atoms with Crippen molar-refractivity contribution < 1.29 is 27.9 Å². The minimum atomic E-state index is -4.16. The number of pyridine rings is 1. The number of carboxylic acids is 1. The van der Waals surface area contributed by atoms with E-state index in [0.29, 0.717) is 5.39 Å². The summed E-state index contributed by atoms with van der Waals surface area (Å²) < 4.78 is 32.8. The van der Waals surface area contributed by atoms with Gasteiger partial charge in [-0.25, -0.2) is 13.2 Å². The van der Waals surface area contributed by atoms with Crippen molar-refractivity contribution in [3.8, 4) is 0 Å². The molecule has 9 nitrogen and oxygen atoms in total. The fraction of sp³-hybridized carbons (Fsp3) is 0.421. The Morgan fingerprint density at radius 3 is 2.52 bits per heavy atom. The highest BCUT2D eigenvalue weighted by Gasteiger charge is 2.42. The summed E-state index contributed by atoms with van der Waals surface area (Å²) in [6.45, 7) is 4.66. The summed E-state index contributed by atoms with van der Waals surface area (Å²) in [6, 6.07) is 6.72. The van der Waals surface area contributed by atoms with Gasteiger partial charge >= 0.3 is 12.1 Å². The highest BCUT2D eigenvalue weighted by atomic mass is 32.2. The number of ether oxygens (including phenoxy) is 1. The van der Waals surface area contributed by atoms with Crippen LogP contribution in [0.15, 0.2) is 41.4 Å². The van der Waals surface area contributed by atoms with Crippen molar-refractivity contribution in [2.75, 3.05) is 19.6 Å². The summed E-state index contributed by atoms with van der Waals surface area (Å²) in [5.41, 5.74) is -0.470. The van der Waals surface area contributed by atoms with Crippen LogP contribution in [-0.2, 0) is 19.6 Å². The van der Waals surface area contributed by atoms with E-state index in [9.17, 15) is 23.1 Å². The zero-order valence-electron chi connectivity index (χ0n) is 16.4. The molecular weight excluding hydrogens is 398 g/mol. The molecule has 2 heterocycles. The highest BCUT2D eigenvalue weighted by Crippen LogP contribution is 2.27. The molecule has 0 aliphatic carbocycles. The number of carbonyl (C=O) groups excluding carboxylic acids is 1. The average Bonchev–Trinajstić information content (AvgIpc) is 2.65. The largest absolute Gasteiger partial charge is 0.480 e. The van der Waals surface area contributed by atoms with Crippen LogP contribution in [0.5, 0.6) is 0 Å². The summed E-state index contributed by atoms with van der Waals surface area (Å²) in [5.74, 6) is -1.34. The SMILES string of the molecule is CC(C)(C)OC(=O)N1CCN(S(=O)(=O)c2cccc3cccnc23)[C@@H](C(=O)O)C1. The van der Waals surface area contributed by atoms with Gasteiger partial charge in [0.05, 0.1) is 12.1 Å². The third-order valence-corrected chi connectivity index (χ3v) is 6.39. The molecule has 2 aromatic rings. The number of hydrogen-bond donors (Lipinski definition) is 1. The zero-order valence-corrected chi connectivity index (χ0v) is 17.2. The number of amides is 1. The number of carbonyl (C=O) groups is 2. The van der Waals surface area contributed by atoms with Gasteiger partial charge in [-0.3, -0.25) is 9.78 Å². The van der Waals surface area contributed by atoms with E-state index in [4.69, 9.17) is 4.74 Å². The van der Waals surface area contributed by atoms with Crippen molar-refractivity contribution in [3.05, 3.63) is 36.5 Å². The fourth-order valence-corrected chi connectivity index (χ4v) is 4.89. The summed E-state index contributed by atoms with van der Waals surface area (Å²) in [6.07, 6.45) is 0.809. The van der Waals surface area contributed by atoms with Gasteiger partial charge in [-0.2, -0.15) is 4.31 Å². The lowest BCUT2D eigenvalue weighted by atomic mass is 10.2. The lowest BCUT2D eigenvalue weighted by molar-refractivity contribution is -0.143. The molecular formula is C19H23N3O6S. The molecule has 10 heteroatoms. The summed E-state index contributed by atoms with van der Waals surface area (Å²) in [7, 11) is -4.16. The van der Waals surface area contributed by atoms with Crippen molar-refractivity contribution in [1.29, 1.82) is 0 Å². The van der Waals surface area contributed by atoms with Crippen molar-refractivity contribution in [2.45, 2.75) is 37.3 Å². The second-order valence-electron chi connectivity index (χ2n) is 7.73. The van der Waals surface area contributed by atoms with Gasteiger partial charge in [-0.05, 0) is 32.9 Å². The molecule has 1 aromatic heterocycles. The monoisotopic (exact) mass is 421 g/mol. The number of fused-ring (bicyclic) bond motifs is 1. The van der Waals surface area contributed by atoms with Crippen LogP contribution in [0, 0.1) is 0 Å². The maximum Gasteiger partial charge on any atom is 0.410 e. The van der Waals surface area contributed by atoms with Gasteiger partial charge in [0.15, 0.2) is 0 Å². The molecule has 156 valence electrons. The van der Waals surface area contributed by atoms with Crippen molar-refractivity contribution in [1.82, 2.24) is 14.2 Å². The van der Waals surface area contributed by atoms with Gasteiger partial charge in [0, 0.05) is 24.7 Å². The number of carboxylic acid groups (broad SMARTS) is 1. The number of benzene rings is 1. The molecule has 0 saturated carbocycles. The van der Waals surface area contributed by atoms with Crippen LogP contribution in [0.4, 0.5) is 4.79 Å². The molecule has 1 amide bonds. The summed E-state index contributed by atoms with van der Waals surface area (Å²) in [5, 5.41) is 10.3. The van der Waals surface area contributed by atoms with E-state index in [2.05, 4.69) is 4.98 Å². The maximum atomic E-state index is 13.3. The zero-order chi connectivity index (χ0) is 21.4. The first-order valence-corrected chi connectivity index (χ1v) is 10.5. The number of sulfonamides is 1. The number of hydrogen-bond acceptors (Lipinski definition) is 6. The minimum Gasteiger partial charge on any atom is -0.480 e. The first-order chi connectivity index (χ1) is 13.5. The molecule has 0 spiro atoms. The van der Waals surface area contributed by atoms with E-state index in [-0.39, 0.29) is 30.0 Å². The van der Waals surface area contributed by atoms with Gasteiger partial charge in [0.2, 0.25) is 10.0 Å². The number of rotatable bonds is 3. The molecule has 1 aromatic carbocycles. The molecule has 1 atom stereocenters. The Morgan fingerprint density at radius 1 is 1.17 bits per heavy atom. The summed E-state index contributed by atoms with van der Waals surface area (Å²) in [4.78, 5) is 29.5. The van der Waals surface area contributed by atoms with E-state index in [1.165, 1.54) is 17.2 Å². The lowest BCUT2D eigenvalue weighted by Crippen LogP contribution is -2.59. The molecule has 1 N–H and O–H groups in total. The molecule has 29 heavy (non-hydrogen) atoms.